The van der Waals surface area contributed by atoms with Crippen molar-refractivity contribution >= 4 is 5.91 Å². The minimum atomic E-state index is -0.796. The van der Waals surface area contributed by atoms with Crippen LogP contribution in [0.4, 0.5) is 4.39 Å². The van der Waals surface area contributed by atoms with Gasteiger partial charge in [-0.05, 0) is 43.0 Å². The normalized spacial score (nSPS) is 19.1. The molecule has 2 N–H and O–H groups in total. The predicted molar refractivity (Wildman–Crippen MR) is 88.4 cm³/mol. The highest BCUT2D eigenvalue weighted by atomic mass is 19.1. The number of amides is 1. The Morgan fingerprint density at radius 3 is 2.61 bits per heavy atom. The molecule has 1 heterocycles. The van der Waals surface area contributed by atoms with Crippen LogP contribution in [0, 0.1) is 11.7 Å². The third kappa shape index (κ3) is 5.59. The smallest absolute Gasteiger partial charge is 0.224 e. The number of carbonyl (C=O) groups excluding carboxylic acids is 1. The van der Waals surface area contributed by atoms with Crippen molar-refractivity contribution in [3.05, 3.63) is 35.6 Å². The average Bonchev–Trinajstić information content (AvgIpc) is 2.99. The average molecular weight is 322 g/mol. The fourth-order valence-corrected chi connectivity index (χ4v) is 2.99. The molecule has 1 amide bonds. The van der Waals surface area contributed by atoms with Crippen molar-refractivity contribution in [2.75, 3.05) is 19.6 Å². The Hall–Kier alpha value is -1.46. The van der Waals surface area contributed by atoms with E-state index >= 15 is 0 Å². The molecule has 1 aliphatic rings. The van der Waals surface area contributed by atoms with E-state index < -0.39 is 6.10 Å². The zero-order valence-corrected chi connectivity index (χ0v) is 14.0. The van der Waals surface area contributed by atoms with Gasteiger partial charge in [0.25, 0.3) is 0 Å². The van der Waals surface area contributed by atoms with E-state index in [2.05, 4.69) is 19.2 Å². The summed E-state index contributed by atoms with van der Waals surface area (Å²) in [5, 5.41) is 13.7. The molecule has 0 bridgehead atoms. The van der Waals surface area contributed by atoms with Crippen molar-refractivity contribution < 1.29 is 14.3 Å². The number of rotatable bonds is 7. The predicted octanol–water partition coefficient (Wildman–Crippen LogP) is 2.49. The number of halogens is 1. The summed E-state index contributed by atoms with van der Waals surface area (Å²) in [6.07, 6.45) is 1.82. The van der Waals surface area contributed by atoms with Gasteiger partial charge < -0.3 is 15.3 Å². The van der Waals surface area contributed by atoms with E-state index in [4.69, 9.17) is 0 Å². The Morgan fingerprint density at radius 1 is 1.35 bits per heavy atom. The second-order valence-electron chi connectivity index (χ2n) is 6.76. The summed E-state index contributed by atoms with van der Waals surface area (Å²) in [5.41, 5.74) is 0.631. The van der Waals surface area contributed by atoms with Crippen molar-refractivity contribution in [3.8, 4) is 0 Å². The minimum Gasteiger partial charge on any atom is -0.387 e. The maximum atomic E-state index is 13.0. The SMILES string of the molecule is CC(C)CN(CC(O)c1ccc(F)cc1)C(=O)CC1CCCN1. The fraction of sp³-hybridized carbons (Fsp3) is 0.611. The van der Waals surface area contributed by atoms with E-state index in [1.807, 2.05) is 0 Å². The summed E-state index contributed by atoms with van der Waals surface area (Å²) < 4.78 is 13.0. The van der Waals surface area contributed by atoms with Gasteiger partial charge >= 0.3 is 0 Å². The number of hydrogen-bond acceptors (Lipinski definition) is 3. The van der Waals surface area contributed by atoms with Gasteiger partial charge in [0, 0.05) is 19.0 Å². The molecule has 0 radical (unpaired) electrons. The van der Waals surface area contributed by atoms with Gasteiger partial charge in [0.15, 0.2) is 0 Å². The number of aliphatic hydroxyl groups excluding tert-OH is 1. The topological polar surface area (TPSA) is 52.6 Å². The molecule has 4 nitrogen and oxygen atoms in total. The summed E-state index contributed by atoms with van der Waals surface area (Å²) in [6.45, 7) is 5.94. The molecule has 2 unspecified atom stereocenters. The van der Waals surface area contributed by atoms with Crippen LogP contribution in [0.15, 0.2) is 24.3 Å². The zero-order valence-electron chi connectivity index (χ0n) is 14.0. The van der Waals surface area contributed by atoms with Crippen LogP contribution in [-0.2, 0) is 4.79 Å². The van der Waals surface area contributed by atoms with Crippen molar-refractivity contribution in [3.63, 3.8) is 0 Å². The van der Waals surface area contributed by atoms with Crippen LogP contribution in [0.5, 0.6) is 0 Å². The summed E-state index contributed by atoms with van der Waals surface area (Å²) >= 11 is 0. The van der Waals surface area contributed by atoms with E-state index in [-0.39, 0.29) is 24.3 Å². The molecule has 2 rings (SSSR count). The Kier molecular flexibility index (Phi) is 6.54. The molecule has 1 aromatic rings. The molecule has 0 saturated carbocycles. The maximum Gasteiger partial charge on any atom is 0.224 e. The quantitative estimate of drug-likeness (QED) is 0.811. The van der Waals surface area contributed by atoms with Crippen LogP contribution in [0.1, 0.15) is 44.8 Å². The van der Waals surface area contributed by atoms with E-state index in [0.29, 0.717) is 24.4 Å². The van der Waals surface area contributed by atoms with E-state index in [1.54, 1.807) is 17.0 Å². The van der Waals surface area contributed by atoms with Gasteiger partial charge in [-0.15, -0.1) is 0 Å². The lowest BCUT2D eigenvalue weighted by Gasteiger charge is -2.28. The number of nitrogens with one attached hydrogen (secondary N) is 1. The Morgan fingerprint density at radius 2 is 2.04 bits per heavy atom. The highest BCUT2D eigenvalue weighted by Gasteiger charge is 2.24. The van der Waals surface area contributed by atoms with Crippen molar-refractivity contribution in [1.29, 1.82) is 0 Å². The van der Waals surface area contributed by atoms with Crippen LogP contribution in [0.25, 0.3) is 0 Å². The third-order valence-electron chi connectivity index (χ3n) is 4.17. The summed E-state index contributed by atoms with van der Waals surface area (Å²) in [5.74, 6) is 0.0681. The Labute approximate surface area is 137 Å². The fourth-order valence-electron chi connectivity index (χ4n) is 2.99. The summed E-state index contributed by atoms with van der Waals surface area (Å²) in [6, 6.07) is 6.04. The van der Waals surface area contributed by atoms with Crippen LogP contribution < -0.4 is 5.32 Å². The van der Waals surface area contributed by atoms with Crippen molar-refractivity contribution in [1.82, 2.24) is 10.2 Å². The van der Waals surface area contributed by atoms with E-state index in [9.17, 15) is 14.3 Å². The Balaban J connectivity index is 1.98. The number of nitrogens with zero attached hydrogens (tertiary/aromatic N) is 1. The first kappa shape index (κ1) is 17.9. The van der Waals surface area contributed by atoms with Crippen molar-refractivity contribution in [2.24, 2.45) is 5.92 Å². The molecule has 1 aromatic carbocycles. The second kappa shape index (κ2) is 8.41. The highest BCUT2D eigenvalue weighted by molar-refractivity contribution is 5.77. The molecule has 128 valence electrons. The van der Waals surface area contributed by atoms with Crippen LogP contribution in [0.2, 0.25) is 0 Å². The molecule has 1 saturated heterocycles. The molecule has 0 spiro atoms. The molecule has 5 heteroatoms. The van der Waals surface area contributed by atoms with E-state index in [0.717, 1.165) is 19.4 Å². The summed E-state index contributed by atoms with van der Waals surface area (Å²) in [4.78, 5) is 14.3. The standard InChI is InChI=1S/C18H27FN2O2/c1-13(2)11-21(18(23)10-16-4-3-9-20-16)12-17(22)14-5-7-15(19)8-6-14/h5-8,13,16-17,20,22H,3-4,9-12H2,1-2H3. The van der Waals surface area contributed by atoms with Gasteiger partial charge in [0.2, 0.25) is 5.91 Å². The first-order chi connectivity index (χ1) is 11.0. The van der Waals surface area contributed by atoms with Gasteiger partial charge in [0.05, 0.1) is 12.6 Å². The van der Waals surface area contributed by atoms with Gasteiger partial charge in [-0.25, -0.2) is 4.39 Å². The van der Waals surface area contributed by atoms with Crippen molar-refractivity contribution in [2.45, 2.75) is 45.3 Å². The number of aliphatic hydroxyl groups is 1. The lowest BCUT2D eigenvalue weighted by molar-refractivity contribution is -0.133. The lowest BCUT2D eigenvalue weighted by atomic mass is 10.1. The van der Waals surface area contributed by atoms with Gasteiger partial charge in [-0.3, -0.25) is 4.79 Å². The highest BCUT2D eigenvalue weighted by Crippen LogP contribution is 2.18. The molecule has 0 aromatic heterocycles. The lowest BCUT2D eigenvalue weighted by Crippen LogP contribution is -2.40. The molecule has 0 aliphatic carbocycles. The van der Waals surface area contributed by atoms with Crippen LogP contribution >= 0.6 is 0 Å². The van der Waals surface area contributed by atoms with Gasteiger partial charge in [-0.2, -0.15) is 0 Å². The molecular formula is C18H27FN2O2. The molecule has 2 atom stereocenters. The number of benzene rings is 1. The van der Waals surface area contributed by atoms with Gasteiger partial charge in [0.1, 0.15) is 5.82 Å². The summed E-state index contributed by atoms with van der Waals surface area (Å²) in [7, 11) is 0. The largest absolute Gasteiger partial charge is 0.387 e. The minimum absolute atomic E-state index is 0.0688. The number of carbonyl (C=O) groups is 1. The number of hydrogen-bond donors (Lipinski definition) is 2. The molecular weight excluding hydrogens is 295 g/mol. The first-order valence-corrected chi connectivity index (χ1v) is 8.40. The molecule has 23 heavy (non-hydrogen) atoms. The monoisotopic (exact) mass is 322 g/mol. The van der Waals surface area contributed by atoms with E-state index in [1.165, 1.54) is 12.1 Å². The van der Waals surface area contributed by atoms with Gasteiger partial charge in [-0.1, -0.05) is 26.0 Å². The molecule has 1 aliphatic heterocycles. The zero-order chi connectivity index (χ0) is 16.8. The maximum absolute atomic E-state index is 13.0. The van der Waals surface area contributed by atoms with Crippen LogP contribution in [0.3, 0.4) is 0 Å². The molecule has 1 fully saturated rings. The third-order valence-corrected chi connectivity index (χ3v) is 4.17. The first-order valence-electron chi connectivity index (χ1n) is 8.40. The second-order valence-corrected chi connectivity index (χ2v) is 6.76. The Bertz CT molecular complexity index is 498. The van der Waals surface area contributed by atoms with Crippen LogP contribution in [-0.4, -0.2) is 41.6 Å².